The minimum absolute atomic E-state index is 0.268. The third kappa shape index (κ3) is 3.95. The molecule has 5 nitrogen and oxygen atoms in total. The normalized spacial score (nSPS) is 17.6. The Hall–Kier alpha value is -1.47. The molecule has 3 rings (SSSR count). The first kappa shape index (κ1) is 17.4. The number of esters is 1. The van der Waals surface area contributed by atoms with Crippen LogP contribution in [-0.4, -0.2) is 54.0 Å². The standard InChI is InChI=1S/C17H20ClN3O2S/c1-23-17(22)16(14-4-2-3-5-15(14)18)21-8-6-20(7-9-21)10-13-11-24-12-19-13/h2-5,11-12,16H,6-10H2,1H3/t16-/m0/s1. The van der Waals surface area contributed by atoms with Gasteiger partial charge in [0.2, 0.25) is 0 Å². The number of piperazine rings is 1. The minimum Gasteiger partial charge on any atom is -0.468 e. The topological polar surface area (TPSA) is 45.7 Å². The van der Waals surface area contributed by atoms with Gasteiger partial charge in [-0.05, 0) is 11.6 Å². The first-order valence-electron chi connectivity index (χ1n) is 7.84. The number of thiazole rings is 1. The molecule has 0 amide bonds. The number of halogens is 1. The summed E-state index contributed by atoms with van der Waals surface area (Å²) in [4.78, 5) is 21.2. The molecule has 2 aromatic rings. The maximum atomic E-state index is 12.4. The SMILES string of the molecule is COC(=O)[C@H](c1ccccc1Cl)N1CCN(Cc2cscn2)CC1. The summed E-state index contributed by atoms with van der Waals surface area (Å²) in [6.45, 7) is 4.20. The van der Waals surface area contributed by atoms with Crippen molar-refractivity contribution in [3.8, 4) is 0 Å². The molecule has 0 N–H and O–H groups in total. The summed E-state index contributed by atoms with van der Waals surface area (Å²) < 4.78 is 5.03. The second-order valence-electron chi connectivity index (χ2n) is 5.74. The van der Waals surface area contributed by atoms with Crippen LogP contribution in [0.1, 0.15) is 17.3 Å². The maximum Gasteiger partial charge on any atom is 0.327 e. The lowest BCUT2D eigenvalue weighted by molar-refractivity contribution is -0.148. The lowest BCUT2D eigenvalue weighted by Crippen LogP contribution is -2.49. The van der Waals surface area contributed by atoms with Gasteiger partial charge < -0.3 is 4.74 Å². The van der Waals surface area contributed by atoms with Gasteiger partial charge in [0, 0.05) is 43.1 Å². The summed E-state index contributed by atoms with van der Waals surface area (Å²) in [5.41, 5.74) is 3.76. The van der Waals surface area contributed by atoms with E-state index in [1.54, 1.807) is 11.3 Å². The van der Waals surface area contributed by atoms with E-state index in [0.717, 1.165) is 44.0 Å². The number of methoxy groups -OCH3 is 1. The molecule has 1 aromatic carbocycles. The maximum absolute atomic E-state index is 12.4. The predicted octanol–water partition coefficient (Wildman–Crippen LogP) is 2.83. The number of rotatable bonds is 5. The van der Waals surface area contributed by atoms with E-state index in [4.69, 9.17) is 16.3 Å². The monoisotopic (exact) mass is 365 g/mol. The summed E-state index contributed by atoms with van der Waals surface area (Å²) in [6, 6.07) is 7.02. The van der Waals surface area contributed by atoms with Crippen molar-refractivity contribution in [2.45, 2.75) is 12.6 Å². The van der Waals surface area contributed by atoms with E-state index in [-0.39, 0.29) is 5.97 Å². The lowest BCUT2D eigenvalue weighted by Gasteiger charge is -2.38. The first-order valence-corrected chi connectivity index (χ1v) is 9.17. The van der Waals surface area contributed by atoms with E-state index in [1.807, 2.05) is 29.8 Å². The average molecular weight is 366 g/mol. The van der Waals surface area contributed by atoms with E-state index < -0.39 is 6.04 Å². The molecule has 7 heteroatoms. The van der Waals surface area contributed by atoms with E-state index in [1.165, 1.54) is 7.11 Å². The summed E-state index contributed by atoms with van der Waals surface area (Å²) in [6.07, 6.45) is 0. The number of hydrogen-bond donors (Lipinski definition) is 0. The highest BCUT2D eigenvalue weighted by atomic mass is 35.5. The quantitative estimate of drug-likeness (QED) is 0.762. The highest BCUT2D eigenvalue weighted by Gasteiger charge is 2.32. The van der Waals surface area contributed by atoms with Crippen molar-refractivity contribution in [1.82, 2.24) is 14.8 Å². The Morgan fingerprint density at radius 3 is 2.71 bits per heavy atom. The van der Waals surface area contributed by atoms with Gasteiger partial charge in [-0.25, -0.2) is 9.78 Å². The Morgan fingerprint density at radius 1 is 1.33 bits per heavy atom. The van der Waals surface area contributed by atoms with Gasteiger partial charge >= 0.3 is 5.97 Å². The predicted molar refractivity (Wildman–Crippen MR) is 95.2 cm³/mol. The second-order valence-corrected chi connectivity index (χ2v) is 6.86. The van der Waals surface area contributed by atoms with Gasteiger partial charge in [0.05, 0.1) is 18.3 Å². The Bertz CT molecular complexity index is 672. The molecule has 2 heterocycles. The van der Waals surface area contributed by atoms with Crippen molar-refractivity contribution in [3.05, 3.63) is 51.4 Å². The largest absolute Gasteiger partial charge is 0.468 e. The molecule has 0 saturated carbocycles. The molecule has 1 fully saturated rings. The molecular weight excluding hydrogens is 346 g/mol. The van der Waals surface area contributed by atoms with Crippen LogP contribution in [0.4, 0.5) is 0 Å². The molecule has 24 heavy (non-hydrogen) atoms. The molecule has 0 radical (unpaired) electrons. The van der Waals surface area contributed by atoms with Gasteiger partial charge in [-0.15, -0.1) is 11.3 Å². The molecule has 1 atom stereocenters. The summed E-state index contributed by atoms with van der Waals surface area (Å²) in [5, 5.41) is 2.67. The molecule has 128 valence electrons. The third-order valence-electron chi connectivity index (χ3n) is 4.27. The smallest absolute Gasteiger partial charge is 0.327 e. The number of ether oxygens (including phenoxy) is 1. The van der Waals surface area contributed by atoms with Crippen molar-refractivity contribution in [2.24, 2.45) is 0 Å². The van der Waals surface area contributed by atoms with Crippen molar-refractivity contribution >= 4 is 28.9 Å². The van der Waals surface area contributed by atoms with Crippen LogP contribution in [0.25, 0.3) is 0 Å². The Balaban J connectivity index is 1.69. The second kappa shape index (κ2) is 8.07. The van der Waals surface area contributed by atoms with Crippen molar-refractivity contribution in [3.63, 3.8) is 0 Å². The van der Waals surface area contributed by atoms with Gasteiger partial charge in [-0.1, -0.05) is 29.8 Å². The van der Waals surface area contributed by atoms with Crippen LogP contribution in [0.5, 0.6) is 0 Å². The molecule has 1 aromatic heterocycles. The number of hydrogen-bond acceptors (Lipinski definition) is 6. The molecule has 0 spiro atoms. The van der Waals surface area contributed by atoms with Crippen LogP contribution >= 0.6 is 22.9 Å². The number of benzene rings is 1. The minimum atomic E-state index is -0.454. The fourth-order valence-corrected chi connectivity index (χ4v) is 3.79. The molecule has 1 aliphatic rings. The fraction of sp³-hybridized carbons (Fsp3) is 0.412. The zero-order valence-electron chi connectivity index (χ0n) is 13.5. The van der Waals surface area contributed by atoms with Gasteiger partial charge in [-0.2, -0.15) is 0 Å². The molecule has 0 bridgehead atoms. The van der Waals surface area contributed by atoms with Gasteiger partial charge in [0.25, 0.3) is 0 Å². The molecule has 0 aliphatic carbocycles. The van der Waals surface area contributed by atoms with Crippen LogP contribution < -0.4 is 0 Å². The lowest BCUT2D eigenvalue weighted by atomic mass is 10.0. The number of nitrogens with zero attached hydrogens (tertiary/aromatic N) is 3. The zero-order valence-corrected chi connectivity index (χ0v) is 15.1. The van der Waals surface area contributed by atoms with Crippen LogP contribution in [-0.2, 0) is 16.1 Å². The third-order valence-corrected chi connectivity index (χ3v) is 5.24. The van der Waals surface area contributed by atoms with E-state index in [0.29, 0.717) is 5.02 Å². The Kier molecular flexibility index (Phi) is 5.84. The highest BCUT2D eigenvalue weighted by Crippen LogP contribution is 2.29. The number of carbonyl (C=O) groups excluding carboxylic acids is 1. The molecular formula is C17H20ClN3O2S. The van der Waals surface area contributed by atoms with Crippen LogP contribution in [0.3, 0.4) is 0 Å². The summed E-state index contributed by atoms with van der Waals surface area (Å²) in [7, 11) is 1.42. The average Bonchev–Trinajstić information content (AvgIpc) is 3.11. The van der Waals surface area contributed by atoms with Gasteiger partial charge in [0.1, 0.15) is 6.04 Å². The van der Waals surface area contributed by atoms with Crippen LogP contribution in [0, 0.1) is 0 Å². The fourth-order valence-electron chi connectivity index (χ4n) is 3.01. The Labute approximate surface area is 150 Å². The Morgan fingerprint density at radius 2 is 2.08 bits per heavy atom. The van der Waals surface area contributed by atoms with Crippen LogP contribution in [0.15, 0.2) is 35.2 Å². The zero-order chi connectivity index (χ0) is 16.9. The molecule has 1 saturated heterocycles. The van der Waals surface area contributed by atoms with Crippen molar-refractivity contribution in [2.75, 3.05) is 33.3 Å². The van der Waals surface area contributed by atoms with Gasteiger partial charge in [-0.3, -0.25) is 9.80 Å². The molecule has 1 aliphatic heterocycles. The first-order chi connectivity index (χ1) is 11.7. The van der Waals surface area contributed by atoms with Crippen molar-refractivity contribution < 1.29 is 9.53 Å². The van der Waals surface area contributed by atoms with Gasteiger partial charge in [0.15, 0.2) is 0 Å². The molecule has 0 unspecified atom stereocenters. The highest BCUT2D eigenvalue weighted by molar-refractivity contribution is 7.07. The van der Waals surface area contributed by atoms with E-state index in [2.05, 4.69) is 20.2 Å². The van der Waals surface area contributed by atoms with Crippen LogP contribution in [0.2, 0.25) is 5.02 Å². The number of carbonyl (C=O) groups is 1. The summed E-state index contributed by atoms with van der Waals surface area (Å²) in [5.74, 6) is -0.268. The number of aromatic nitrogens is 1. The van der Waals surface area contributed by atoms with Crippen molar-refractivity contribution in [1.29, 1.82) is 0 Å². The van der Waals surface area contributed by atoms with E-state index in [9.17, 15) is 4.79 Å². The summed E-state index contributed by atoms with van der Waals surface area (Å²) >= 11 is 7.93. The van der Waals surface area contributed by atoms with E-state index >= 15 is 0 Å².